The van der Waals surface area contributed by atoms with Crippen molar-refractivity contribution < 1.29 is 9.90 Å². The Bertz CT molecular complexity index is 441. The first-order valence-corrected chi connectivity index (χ1v) is 14.1. The number of nitrogens with two attached hydrogens (primary N) is 1. The molecule has 0 saturated carbocycles. The van der Waals surface area contributed by atoms with E-state index in [1.54, 1.807) is 0 Å². The van der Waals surface area contributed by atoms with E-state index in [0.29, 0.717) is 6.42 Å². The van der Waals surface area contributed by atoms with Crippen LogP contribution in [-0.4, -0.2) is 34.4 Å². The van der Waals surface area contributed by atoms with Gasteiger partial charge < -0.3 is 0 Å². The molecular weight excluding hydrogens is 353 g/mol. The average molecular weight is 373 g/mol. The molecule has 0 amide bonds. The van der Waals surface area contributed by atoms with Crippen molar-refractivity contribution in [3.63, 3.8) is 0 Å². The van der Waals surface area contributed by atoms with Crippen molar-refractivity contribution in [1.82, 2.24) is 0 Å². The van der Waals surface area contributed by atoms with Crippen molar-refractivity contribution in [3.8, 4) is 0 Å². The Balaban J connectivity index is 1.79. The molecule has 2 rings (SSSR count). The van der Waals surface area contributed by atoms with Gasteiger partial charge in [0.2, 0.25) is 0 Å². The van der Waals surface area contributed by atoms with Crippen molar-refractivity contribution in [2.24, 2.45) is 0 Å². The van der Waals surface area contributed by atoms with E-state index in [1.807, 2.05) is 12.1 Å². The SMILES string of the molecule is Nc1ccc([As]2SCCC(CCCCC(=O)O)S2)cc1. The topological polar surface area (TPSA) is 63.3 Å². The molecule has 3 nitrogen and oxygen atoms in total. The van der Waals surface area contributed by atoms with E-state index in [4.69, 9.17) is 10.8 Å². The molecule has 0 spiro atoms. The summed E-state index contributed by atoms with van der Waals surface area (Å²) in [5.41, 5.74) is 6.58. The van der Waals surface area contributed by atoms with Crippen molar-refractivity contribution >= 4 is 48.4 Å². The number of rotatable bonds is 6. The maximum absolute atomic E-state index is 10.5. The molecule has 110 valence electrons. The Labute approximate surface area is 131 Å². The normalized spacial score (nSPS) is 22.6. The molecule has 3 N–H and O–H groups in total. The van der Waals surface area contributed by atoms with Gasteiger partial charge in [0.25, 0.3) is 0 Å². The third-order valence-corrected chi connectivity index (χ3v) is 17.2. The zero-order chi connectivity index (χ0) is 14.4. The Hall–Kier alpha value is -0.252. The van der Waals surface area contributed by atoms with E-state index in [-0.39, 0.29) is 0 Å². The van der Waals surface area contributed by atoms with E-state index >= 15 is 0 Å². The summed E-state index contributed by atoms with van der Waals surface area (Å²) in [6, 6.07) is 8.37. The van der Waals surface area contributed by atoms with Crippen LogP contribution in [0.4, 0.5) is 5.69 Å². The van der Waals surface area contributed by atoms with Gasteiger partial charge in [0.05, 0.1) is 0 Å². The fourth-order valence-corrected chi connectivity index (χ4v) is 16.8. The first-order valence-electron chi connectivity index (χ1n) is 6.82. The van der Waals surface area contributed by atoms with Crippen LogP contribution in [0.3, 0.4) is 0 Å². The second-order valence-electron chi connectivity index (χ2n) is 4.84. The second kappa shape index (κ2) is 8.25. The summed E-state index contributed by atoms with van der Waals surface area (Å²) < 4.78 is 1.48. The van der Waals surface area contributed by atoms with Crippen LogP contribution in [0.1, 0.15) is 32.1 Å². The summed E-state index contributed by atoms with van der Waals surface area (Å²) in [7, 11) is 4.31. The van der Waals surface area contributed by atoms with Crippen LogP contribution in [0.15, 0.2) is 24.3 Å². The van der Waals surface area contributed by atoms with Gasteiger partial charge in [-0.3, -0.25) is 0 Å². The molecule has 1 fully saturated rings. The predicted molar refractivity (Wildman–Crippen MR) is 90.8 cm³/mol. The van der Waals surface area contributed by atoms with Crippen LogP contribution in [0, 0.1) is 0 Å². The van der Waals surface area contributed by atoms with Gasteiger partial charge in [0, 0.05) is 0 Å². The molecule has 0 aromatic heterocycles. The molecule has 20 heavy (non-hydrogen) atoms. The standard InChI is InChI=1S/C14H20AsNO2S2/c16-12-7-5-11(6-8-12)15-19-10-9-13(20-15)3-1-2-4-14(17)18/h5-8,13H,1-4,9-10,16H2,(H,17,18). The monoisotopic (exact) mass is 373 g/mol. The van der Waals surface area contributed by atoms with Gasteiger partial charge in [-0.25, -0.2) is 0 Å². The molecule has 1 aliphatic rings. The van der Waals surface area contributed by atoms with Gasteiger partial charge >= 0.3 is 131 Å². The van der Waals surface area contributed by atoms with Crippen molar-refractivity contribution in [3.05, 3.63) is 24.3 Å². The summed E-state index contributed by atoms with van der Waals surface area (Å²) in [4.78, 5) is 10.5. The van der Waals surface area contributed by atoms with E-state index in [2.05, 4.69) is 32.2 Å². The Morgan fingerprint density at radius 1 is 1.35 bits per heavy atom. The van der Waals surface area contributed by atoms with E-state index < -0.39 is 18.3 Å². The van der Waals surface area contributed by atoms with Gasteiger partial charge in [-0.1, -0.05) is 0 Å². The van der Waals surface area contributed by atoms with Crippen molar-refractivity contribution in [2.75, 3.05) is 11.5 Å². The molecule has 1 aromatic carbocycles. The fourth-order valence-electron chi connectivity index (χ4n) is 2.06. The van der Waals surface area contributed by atoms with E-state index in [0.717, 1.165) is 23.8 Å². The summed E-state index contributed by atoms with van der Waals surface area (Å²) in [5, 5.41) is 9.38. The van der Waals surface area contributed by atoms with Crippen LogP contribution in [0.2, 0.25) is 0 Å². The van der Waals surface area contributed by atoms with Gasteiger partial charge in [-0.2, -0.15) is 0 Å². The number of benzene rings is 1. The molecular formula is C14H20AsNO2S2. The first kappa shape index (κ1) is 16.1. The van der Waals surface area contributed by atoms with Gasteiger partial charge in [-0.05, 0) is 0 Å². The van der Waals surface area contributed by atoms with Gasteiger partial charge in [-0.15, -0.1) is 0 Å². The minimum atomic E-state index is -1.05. The third kappa shape index (κ3) is 5.27. The summed E-state index contributed by atoms with van der Waals surface area (Å²) in [6.07, 6.45) is 4.60. The zero-order valence-corrected chi connectivity index (χ0v) is 14.8. The van der Waals surface area contributed by atoms with E-state index in [1.165, 1.54) is 22.9 Å². The summed E-state index contributed by atoms with van der Waals surface area (Å²) in [5.74, 6) is 0.576. The molecule has 1 aromatic rings. The number of nitrogen functional groups attached to an aromatic ring is 1. The third-order valence-electron chi connectivity index (χ3n) is 3.16. The molecule has 2 atom stereocenters. The Morgan fingerprint density at radius 3 is 2.80 bits per heavy atom. The summed E-state index contributed by atoms with van der Waals surface area (Å²) in [6.45, 7) is 0. The van der Waals surface area contributed by atoms with Crippen LogP contribution in [-0.2, 0) is 4.79 Å². The minimum absolute atomic E-state index is 0.311. The molecule has 0 radical (unpaired) electrons. The number of unbranched alkanes of at least 4 members (excludes halogenated alkanes) is 1. The Morgan fingerprint density at radius 2 is 2.10 bits per heavy atom. The van der Waals surface area contributed by atoms with Crippen LogP contribution < -0.4 is 10.1 Å². The van der Waals surface area contributed by atoms with Gasteiger partial charge in [0.15, 0.2) is 0 Å². The molecule has 1 aliphatic heterocycles. The molecule has 0 aliphatic carbocycles. The Kier molecular flexibility index (Phi) is 6.66. The van der Waals surface area contributed by atoms with Crippen LogP contribution in [0.25, 0.3) is 0 Å². The average Bonchev–Trinajstić information content (AvgIpc) is 2.44. The first-order chi connectivity index (χ1) is 9.65. The quantitative estimate of drug-likeness (QED) is 0.456. The van der Waals surface area contributed by atoms with Crippen LogP contribution >= 0.6 is 20.0 Å². The molecule has 1 heterocycles. The predicted octanol–water partition coefficient (Wildman–Crippen LogP) is 2.85. The fraction of sp³-hybridized carbons (Fsp3) is 0.500. The maximum atomic E-state index is 10.5. The van der Waals surface area contributed by atoms with Crippen LogP contribution in [0.5, 0.6) is 0 Å². The molecule has 0 bridgehead atoms. The second-order valence-corrected chi connectivity index (χ2v) is 16.5. The van der Waals surface area contributed by atoms with Crippen molar-refractivity contribution in [1.29, 1.82) is 0 Å². The zero-order valence-electron chi connectivity index (χ0n) is 11.3. The number of carboxylic acids is 1. The molecule has 2 unspecified atom stereocenters. The number of aliphatic carboxylic acids is 1. The summed E-state index contributed by atoms with van der Waals surface area (Å²) >= 11 is -1.05. The number of carboxylic acid groups (broad SMARTS) is 1. The van der Waals surface area contributed by atoms with E-state index in [9.17, 15) is 4.79 Å². The van der Waals surface area contributed by atoms with Gasteiger partial charge in [0.1, 0.15) is 0 Å². The number of hydrogen-bond acceptors (Lipinski definition) is 4. The number of anilines is 1. The molecule has 6 heteroatoms. The number of hydrogen-bond donors (Lipinski definition) is 2. The van der Waals surface area contributed by atoms with Crippen molar-refractivity contribution in [2.45, 2.75) is 37.4 Å². The number of carbonyl (C=O) groups is 1. The molecule has 1 saturated heterocycles.